The molecule has 5 rings (SSSR count). The summed E-state index contributed by atoms with van der Waals surface area (Å²) in [6.45, 7) is 8.99. The molecular weight excluding hydrogens is 330 g/mol. The number of piperidine rings is 3. The summed E-state index contributed by atoms with van der Waals surface area (Å²) in [5.74, 6) is 1.95. The topological polar surface area (TPSA) is 57.2 Å². The Hall–Kier alpha value is -2.02. The third-order valence-electron chi connectivity index (χ3n) is 5.62. The Morgan fingerprint density at radius 2 is 2.23 bits per heavy atom. The second-order valence-electron chi connectivity index (χ2n) is 7.53. The number of hydrogen-bond donors (Lipinski definition) is 2. The van der Waals surface area contributed by atoms with Crippen molar-refractivity contribution >= 4 is 5.69 Å². The first-order valence-electron chi connectivity index (χ1n) is 9.29. The Kier molecular flexibility index (Phi) is 4.65. The molecule has 2 bridgehead atoms. The van der Waals surface area contributed by atoms with Crippen LogP contribution >= 0.6 is 0 Å². The fourth-order valence-electron chi connectivity index (χ4n) is 4.17. The van der Waals surface area contributed by atoms with Crippen molar-refractivity contribution < 1.29 is 14.7 Å². The smallest absolute Gasteiger partial charge is 0.141 e. The molecule has 3 fully saturated rings. The van der Waals surface area contributed by atoms with Gasteiger partial charge in [0, 0.05) is 6.54 Å². The van der Waals surface area contributed by atoms with Gasteiger partial charge in [0.05, 0.1) is 11.9 Å². The molecule has 6 nitrogen and oxygen atoms in total. The summed E-state index contributed by atoms with van der Waals surface area (Å²) in [4.78, 5) is 7.60. The van der Waals surface area contributed by atoms with Gasteiger partial charge in [-0.25, -0.2) is 5.01 Å². The number of nitrogens with one attached hydrogen (secondary N) is 1. The molecule has 1 unspecified atom stereocenters. The Balaban J connectivity index is 1.49. The monoisotopic (exact) mass is 357 g/mol. The molecule has 0 amide bonds. The van der Waals surface area contributed by atoms with Crippen molar-refractivity contribution in [3.05, 3.63) is 48.4 Å². The molecule has 0 radical (unpaired) electrons. The van der Waals surface area contributed by atoms with E-state index >= 15 is 0 Å². The lowest BCUT2D eigenvalue weighted by molar-refractivity contribution is -0.131. The predicted octanol–water partition coefficient (Wildman–Crippen LogP) is 2.37. The summed E-state index contributed by atoms with van der Waals surface area (Å²) in [6.07, 6.45) is 6.58. The molecule has 4 heterocycles. The zero-order chi connectivity index (χ0) is 18.1. The fourth-order valence-corrected chi connectivity index (χ4v) is 4.17. The molecule has 3 saturated heterocycles. The maximum absolute atomic E-state index is 11.1. The number of anilines is 1. The molecule has 0 aliphatic carbocycles. The van der Waals surface area contributed by atoms with Crippen LogP contribution in [-0.2, 0) is 11.3 Å². The van der Waals surface area contributed by atoms with E-state index in [9.17, 15) is 5.11 Å². The molecule has 4 aliphatic rings. The van der Waals surface area contributed by atoms with Gasteiger partial charge in [-0.05, 0) is 69.0 Å². The molecule has 6 heteroatoms. The number of nitrogens with zero attached hydrogens (tertiary/aromatic N) is 2. The number of aliphatic hydroxyl groups is 1. The molecule has 26 heavy (non-hydrogen) atoms. The van der Waals surface area contributed by atoms with Crippen molar-refractivity contribution in [3.8, 4) is 5.75 Å². The lowest BCUT2D eigenvalue weighted by Crippen LogP contribution is -2.61. The summed E-state index contributed by atoms with van der Waals surface area (Å²) in [5, 5.41) is 12.9. The van der Waals surface area contributed by atoms with Crippen LogP contribution in [0.5, 0.6) is 5.75 Å². The average molecular weight is 357 g/mol. The van der Waals surface area contributed by atoms with Crippen molar-refractivity contribution in [1.82, 2.24) is 10.5 Å². The van der Waals surface area contributed by atoms with Gasteiger partial charge in [0.1, 0.15) is 23.7 Å². The molecule has 2 N–H and O–H groups in total. The number of hydrogen-bond acceptors (Lipinski definition) is 6. The van der Waals surface area contributed by atoms with Crippen molar-refractivity contribution in [2.75, 3.05) is 31.3 Å². The molecule has 1 aromatic carbocycles. The number of ether oxygens (including phenoxy) is 1. The lowest BCUT2D eigenvalue weighted by Gasteiger charge is -2.50. The number of allylic oxidation sites excluding steroid dienone is 2. The van der Waals surface area contributed by atoms with E-state index in [1.54, 1.807) is 0 Å². The van der Waals surface area contributed by atoms with Crippen LogP contribution in [0.1, 0.15) is 25.3 Å². The van der Waals surface area contributed by atoms with Crippen LogP contribution in [0.3, 0.4) is 0 Å². The lowest BCUT2D eigenvalue weighted by atomic mass is 9.76. The number of rotatable bonds is 6. The van der Waals surface area contributed by atoms with Crippen LogP contribution in [0.4, 0.5) is 5.69 Å². The van der Waals surface area contributed by atoms with Gasteiger partial charge in [-0.3, -0.25) is 0 Å². The van der Waals surface area contributed by atoms with Gasteiger partial charge >= 0.3 is 0 Å². The maximum Gasteiger partial charge on any atom is 0.141 e. The minimum Gasteiger partial charge on any atom is -0.490 e. The predicted molar refractivity (Wildman–Crippen MR) is 100 cm³/mol. The normalized spacial score (nSPS) is 30.1. The van der Waals surface area contributed by atoms with Gasteiger partial charge in [-0.2, -0.15) is 0 Å². The standard InChI is InChI=1S/C20H27N3O3/c1-3-4-16-11-18(23-12-15(2)26-21-23)5-6-19(16)25-14-20(24)13-22-9-7-17(20)8-10-22/h3,5-6,11-12,17,21,24H,1,4,7-10,13-14H2,2H3. The highest BCUT2D eigenvalue weighted by molar-refractivity contribution is 5.55. The van der Waals surface area contributed by atoms with Crippen LogP contribution in [0.25, 0.3) is 0 Å². The van der Waals surface area contributed by atoms with Gasteiger partial charge in [0.15, 0.2) is 0 Å². The van der Waals surface area contributed by atoms with Crippen molar-refractivity contribution in [2.24, 2.45) is 5.92 Å². The zero-order valence-electron chi connectivity index (χ0n) is 15.3. The Labute approximate surface area is 154 Å². The summed E-state index contributed by atoms with van der Waals surface area (Å²) in [7, 11) is 0. The highest BCUT2D eigenvalue weighted by Gasteiger charge is 2.46. The summed E-state index contributed by atoms with van der Waals surface area (Å²) in [5.41, 5.74) is 4.11. The first-order valence-corrected chi connectivity index (χ1v) is 9.29. The largest absolute Gasteiger partial charge is 0.490 e. The van der Waals surface area contributed by atoms with Crippen LogP contribution in [0, 0.1) is 5.92 Å². The second-order valence-corrected chi connectivity index (χ2v) is 7.53. The minimum absolute atomic E-state index is 0.335. The van der Waals surface area contributed by atoms with Gasteiger partial charge < -0.3 is 19.6 Å². The quantitative estimate of drug-likeness (QED) is 0.763. The molecule has 0 spiro atoms. The first-order chi connectivity index (χ1) is 12.6. The summed E-state index contributed by atoms with van der Waals surface area (Å²) >= 11 is 0. The number of benzene rings is 1. The van der Waals surface area contributed by atoms with Crippen molar-refractivity contribution in [2.45, 2.75) is 31.8 Å². The SMILES string of the molecule is C=CCc1cc(N2C=C(C)ON2)ccc1OCC1(O)CN2CCC1CC2. The minimum atomic E-state index is -0.745. The van der Waals surface area contributed by atoms with E-state index in [4.69, 9.17) is 9.57 Å². The maximum atomic E-state index is 11.1. The van der Waals surface area contributed by atoms with E-state index < -0.39 is 5.60 Å². The molecule has 0 saturated carbocycles. The third-order valence-corrected chi connectivity index (χ3v) is 5.62. The molecule has 1 aromatic rings. The van der Waals surface area contributed by atoms with Crippen LogP contribution in [-0.4, -0.2) is 41.8 Å². The summed E-state index contributed by atoms with van der Waals surface area (Å²) < 4.78 is 6.11. The summed E-state index contributed by atoms with van der Waals surface area (Å²) in [6, 6.07) is 6.00. The van der Waals surface area contributed by atoms with Crippen molar-refractivity contribution in [3.63, 3.8) is 0 Å². The van der Waals surface area contributed by atoms with Crippen LogP contribution < -0.4 is 15.3 Å². The van der Waals surface area contributed by atoms with E-state index in [-0.39, 0.29) is 0 Å². The third kappa shape index (κ3) is 3.32. The highest BCUT2D eigenvalue weighted by Crippen LogP contribution is 2.36. The zero-order valence-corrected chi connectivity index (χ0v) is 15.3. The molecule has 0 aromatic heterocycles. The van der Waals surface area contributed by atoms with E-state index in [0.717, 1.165) is 48.7 Å². The van der Waals surface area contributed by atoms with Gasteiger partial charge in [-0.15, -0.1) is 6.58 Å². The van der Waals surface area contributed by atoms with Crippen LogP contribution in [0.15, 0.2) is 42.8 Å². The van der Waals surface area contributed by atoms with Crippen LogP contribution in [0.2, 0.25) is 0 Å². The van der Waals surface area contributed by atoms with Crippen molar-refractivity contribution in [1.29, 1.82) is 0 Å². The van der Waals surface area contributed by atoms with E-state index in [0.29, 0.717) is 25.5 Å². The second kappa shape index (κ2) is 6.95. The molecule has 1 atom stereocenters. The van der Waals surface area contributed by atoms with Gasteiger partial charge in [0.2, 0.25) is 0 Å². The van der Waals surface area contributed by atoms with E-state index in [1.165, 1.54) is 0 Å². The van der Waals surface area contributed by atoms with Gasteiger partial charge in [-0.1, -0.05) is 11.7 Å². The Morgan fingerprint density at radius 1 is 1.42 bits per heavy atom. The van der Waals surface area contributed by atoms with E-state index in [2.05, 4.69) is 23.1 Å². The Morgan fingerprint density at radius 3 is 2.85 bits per heavy atom. The molecule has 140 valence electrons. The highest BCUT2D eigenvalue weighted by atomic mass is 16.7. The fraction of sp³-hybridized carbons (Fsp3) is 0.500. The molecule has 4 aliphatic heterocycles. The van der Waals surface area contributed by atoms with E-state index in [1.807, 2.05) is 36.3 Å². The van der Waals surface area contributed by atoms with Gasteiger partial charge in [0.25, 0.3) is 0 Å². The first kappa shape index (κ1) is 17.4. The number of fused-ring (bicyclic) bond motifs is 3. The average Bonchev–Trinajstić information content (AvgIpc) is 3.08. The Bertz CT molecular complexity index is 712. The molecular formula is C20H27N3O3. The number of hydrazine groups is 1.